The van der Waals surface area contributed by atoms with E-state index in [2.05, 4.69) is 88.5 Å². The molecular formula is C32H50N2. The second-order valence-electron chi connectivity index (χ2n) is 11.8. The highest BCUT2D eigenvalue weighted by Gasteiger charge is 2.36. The number of unbranched alkanes of at least 4 members (excludes halogenated alkanes) is 3. The van der Waals surface area contributed by atoms with Crippen LogP contribution >= 0.6 is 0 Å². The van der Waals surface area contributed by atoms with E-state index in [4.69, 9.17) is 0 Å². The molecule has 2 aromatic heterocycles. The number of nitrogens with zero attached hydrogens (tertiary/aromatic N) is 2. The summed E-state index contributed by atoms with van der Waals surface area (Å²) in [7, 11) is 0. The predicted octanol–water partition coefficient (Wildman–Crippen LogP) is 10.3. The maximum Gasteiger partial charge on any atom is 0.0522 e. The predicted molar refractivity (Wildman–Crippen MR) is 151 cm³/mol. The lowest BCUT2D eigenvalue weighted by atomic mass is 9.63. The molecule has 0 bridgehead atoms. The van der Waals surface area contributed by atoms with Gasteiger partial charge in [-0.1, -0.05) is 86.1 Å². The zero-order valence-electron chi connectivity index (χ0n) is 23.2. The van der Waals surface area contributed by atoms with Crippen molar-refractivity contribution in [2.24, 2.45) is 10.8 Å². The van der Waals surface area contributed by atoms with Crippen molar-refractivity contribution in [3.63, 3.8) is 0 Å². The maximum atomic E-state index is 4.49. The molecule has 0 saturated carbocycles. The molecule has 0 fully saturated rings. The first-order chi connectivity index (χ1) is 16.3. The summed E-state index contributed by atoms with van der Waals surface area (Å²) >= 11 is 0. The van der Waals surface area contributed by atoms with Crippen molar-refractivity contribution < 1.29 is 0 Å². The summed E-state index contributed by atoms with van der Waals surface area (Å²) in [4.78, 5) is 4.49. The Hall–Kier alpha value is -1.83. The molecule has 0 N–H and O–H groups in total. The number of benzene rings is 1. The minimum atomic E-state index is 0.283. The van der Waals surface area contributed by atoms with Crippen molar-refractivity contribution in [3.05, 3.63) is 42.2 Å². The highest BCUT2D eigenvalue weighted by Crippen LogP contribution is 2.50. The number of fused-ring (bicyclic) bond motifs is 3. The Balaban J connectivity index is 2.08. The molecule has 1 unspecified atom stereocenters. The van der Waals surface area contributed by atoms with E-state index in [9.17, 15) is 0 Å². The summed E-state index contributed by atoms with van der Waals surface area (Å²) in [5.41, 5.74) is 4.87. The normalized spacial score (nSPS) is 13.7. The molecule has 0 spiro atoms. The molecule has 2 nitrogen and oxygen atoms in total. The van der Waals surface area contributed by atoms with Crippen LogP contribution in [0.2, 0.25) is 0 Å². The van der Waals surface area contributed by atoms with Gasteiger partial charge in [-0.2, -0.15) is 0 Å². The minimum absolute atomic E-state index is 0.283. The summed E-state index contributed by atoms with van der Waals surface area (Å²) in [5, 5.41) is 2.67. The van der Waals surface area contributed by atoms with Crippen LogP contribution in [-0.4, -0.2) is 9.55 Å². The fourth-order valence-electron chi connectivity index (χ4n) is 6.58. The fourth-order valence-corrected chi connectivity index (χ4v) is 6.58. The fraction of sp³-hybridized carbons (Fsp3) is 0.656. The van der Waals surface area contributed by atoms with Crippen LogP contribution in [-0.2, 0) is 6.54 Å². The Labute approximate surface area is 209 Å². The smallest absolute Gasteiger partial charge is 0.0522 e. The van der Waals surface area contributed by atoms with Crippen molar-refractivity contribution in [1.29, 1.82) is 0 Å². The quantitative estimate of drug-likeness (QED) is 0.218. The minimum Gasteiger partial charge on any atom is -0.341 e. The molecule has 188 valence electrons. The summed E-state index contributed by atoms with van der Waals surface area (Å²) in [6.45, 7) is 17.9. The van der Waals surface area contributed by atoms with Crippen molar-refractivity contribution in [2.45, 2.75) is 125 Å². The van der Waals surface area contributed by atoms with Crippen LogP contribution in [0.4, 0.5) is 0 Å². The number of aromatic nitrogens is 2. The molecule has 2 heteroatoms. The maximum absolute atomic E-state index is 4.49. The molecule has 1 aromatic carbocycles. The summed E-state index contributed by atoms with van der Waals surface area (Å²) in [6.07, 6.45) is 17.2. The first-order valence-electron chi connectivity index (χ1n) is 14.2. The zero-order valence-corrected chi connectivity index (χ0v) is 23.2. The lowest BCUT2D eigenvalue weighted by Crippen LogP contribution is -2.29. The van der Waals surface area contributed by atoms with Gasteiger partial charge in [0.25, 0.3) is 0 Å². The Morgan fingerprint density at radius 3 is 2.15 bits per heavy atom. The van der Waals surface area contributed by atoms with Gasteiger partial charge in [0, 0.05) is 35.2 Å². The van der Waals surface area contributed by atoms with Gasteiger partial charge in [0.05, 0.1) is 5.52 Å². The van der Waals surface area contributed by atoms with Crippen molar-refractivity contribution in [1.82, 2.24) is 9.55 Å². The van der Waals surface area contributed by atoms with E-state index < -0.39 is 0 Å². The Morgan fingerprint density at radius 2 is 1.50 bits per heavy atom. The Bertz CT molecular complexity index is 1040. The van der Waals surface area contributed by atoms with Crippen LogP contribution < -0.4 is 0 Å². The summed E-state index contributed by atoms with van der Waals surface area (Å²) < 4.78 is 2.44. The Kier molecular flexibility index (Phi) is 9.24. The highest BCUT2D eigenvalue weighted by atomic mass is 15.0. The van der Waals surface area contributed by atoms with E-state index in [-0.39, 0.29) is 5.41 Å². The van der Waals surface area contributed by atoms with Gasteiger partial charge >= 0.3 is 0 Å². The van der Waals surface area contributed by atoms with Gasteiger partial charge in [0.1, 0.15) is 0 Å². The van der Waals surface area contributed by atoms with E-state index in [1.54, 1.807) is 0 Å². The van der Waals surface area contributed by atoms with Gasteiger partial charge in [-0.25, -0.2) is 0 Å². The SMILES string of the molecule is CCCCCCC(C)(C)C(CC(C)(CCC)CCC)c1ccc2c(c1)c1cnccc1n2CC. The molecule has 34 heavy (non-hydrogen) atoms. The lowest BCUT2D eigenvalue weighted by molar-refractivity contribution is 0.151. The van der Waals surface area contributed by atoms with Crippen LogP contribution in [0.1, 0.15) is 124 Å². The van der Waals surface area contributed by atoms with Crippen LogP contribution in [0, 0.1) is 10.8 Å². The van der Waals surface area contributed by atoms with Crippen molar-refractivity contribution >= 4 is 21.8 Å². The molecule has 0 aliphatic carbocycles. The lowest BCUT2D eigenvalue weighted by Gasteiger charge is -2.42. The van der Waals surface area contributed by atoms with Gasteiger partial charge in [0.15, 0.2) is 0 Å². The van der Waals surface area contributed by atoms with E-state index in [1.807, 2.05) is 6.20 Å². The van der Waals surface area contributed by atoms with Gasteiger partial charge in [0.2, 0.25) is 0 Å². The summed E-state index contributed by atoms with van der Waals surface area (Å²) in [6, 6.07) is 9.55. The average Bonchev–Trinajstić information content (AvgIpc) is 3.13. The first-order valence-corrected chi connectivity index (χ1v) is 14.2. The topological polar surface area (TPSA) is 17.8 Å². The molecule has 0 amide bonds. The standard InChI is InChI=1S/C32H50N2/c1-8-12-13-14-20-31(5,6)28(23-32(7,18-9-2)19-10-3)25-15-16-29-26(22-25)27-24-33-21-17-30(27)34(29)11-4/h15-17,21-22,24,28H,8-14,18-20,23H2,1-7H3. The van der Waals surface area contributed by atoms with E-state index in [1.165, 1.54) is 91.6 Å². The highest BCUT2D eigenvalue weighted by molar-refractivity contribution is 6.07. The number of hydrogen-bond donors (Lipinski definition) is 0. The average molecular weight is 463 g/mol. The molecule has 1 atom stereocenters. The third-order valence-corrected chi connectivity index (χ3v) is 8.43. The van der Waals surface area contributed by atoms with Gasteiger partial charge in [-0.3, -0.25) is 4.98 Å². The van der Waals surface area contributed by atoms with E-state index in [0.717, 1.165) is 6.54 Å². The second kappa shape index (κ2) is 11.7. The largest absolute Gasteiger partial charge is 0.341 e. The third kappa shape index (κ3) is 5.86. The van der Waals surface area contributed by atoms with E-state index in [0.29, 0.717) is 11.3 Å². The van der Waals surface area contributed by atoms with Crippen LogP contribution in [0.15, 0.2) is 36.7 Å². The zero-order chi connectivity index (χ0) is 24.8. The third-order valence-electron chi connectivity index (χ3n) is 8.43. The number of hydrogen-bond acceptors (Lipinski definition) is 1. The van der Waals surface area contributed by atoms with Gasteiger partial charge < -0.3 is 4.57 Å². The molecule has 0 aliphatic heterocycles. The van der Waals surface area contributed by atoms with E-state index >= 15 is 0 Å². The number of aryl methyl sites for hydroxylation is 1. The summed E-state index contributed by atoms with van der Waals surface area (Å²) in [5.74, 6) is 0.568. The molecule has 2 heterocycles. The molecule has 3 rings (SSSR count). The second-order valence-corrected chi connectivity index (χ2v) is 11.8. The molecule has 0 radical (unpaired) electrons. The van der Waals surface area contributed by atoms with Gasteiger partial charge in [-0.15, -0.1) is 0 Å². The number of pyridine rings is 1. The monoisotopic (exact) mass is 462 g/mol. The first kappa shape index (κ1) is 26.8. The molecule has 0 aliphatic rings. The molecule has 3 aromatic rings. The van der Waals surface area contributed by atoms with Gasteiger partial charge in [-0.05, 0) is 73.1 Å². The molecular weight excluding hydrogens is 412 g/mol. The number of rotatable bonds is 14. The van der Waals surface area contributed by atoms with Crippen molar-refractivity contribution in [3.8, 4) is 0 Å². The van der Waals surface area contributed by atoms with Crippen LogP contribution in [0.25, 0.3) is 21.8 Å². The molecule has 0 saturated heterocycles. The van der Waals surface area contributed by atoms with Crippen LogP contribution in [0.3, 0.4) is 0 Å². The van der Waals surface area contributed by atoms with Crippen molar-refractivity contribution in [2.75, 3.05) is 0 Å². The van der Waals surface area contributed by atoms with Crippen LogP contribution in [0.5, 0.6) is 0 Å². The Morgan fingerprint density at radius 1 is 0.794 bits per heavy atom.